The molecule has 4 N–H and O–H groups in total. The number of nitrogens with zero attached hydrogens (tertiary/aromatic N) is 1. The fourth-order valence-corrected chi connectivity index (χ4v) is 1.80. The van der Waals surface area contributed by atoms with Gasteiger partial charge in [-0.25, -0.2) is 0 Å². The zero-order valence-electron chi connectivity index (χ0n) is 9.31. The van der Waals surface area contributed by atoms with Crippen molar-refractivity contribution in [2.45, 2.75) is 44.4 Å². The van der Waals surface area contributed by atoms with Gasteiger partial charge in [-0.2, -0.15) is 0 Å². The van der Waals surface area contributed by atoms with Crippen molar-refractivity contribution in [1.29, 1.82) is 0 Å². The minimum atomic E-state index is -0.857. The number of aliphatic hydroxyl groups excluding tert-OH is 2. The van der Waals surface area contributed by atoms with E-state index in [0.717, 1.165) is 0 Å². The van der Waals surface area contributed by atoms with E-state index in [-0.39, 0.29) is 19.0 Å². The van der Waals surface area contributed by atoms with Crippen molar-refractivity contribution in [1.82, 2.24) is 4.90 Å². The van der Waals surface area contributed by atoms with E-state index in [0.29, 0.717) is 12.8 Å². The Morgan fingerprint density at radius 1 is 1.33 bits per heavy atom. The van der Waals surface area contributed by atoms with E-state index in [4.69, 9.17) is 5.73 Å². The fourth-order valence-electron chi connectivity index (χ4n) is 1.80. The van der Waals surface area contributed by atoms with Gasteiger partial charge in [-0.1, -0.05) is 13.8 Å². The largest absolute Gasteiger partial charge is 0.388 e. The number of amides is 1. The SMILES string of the molecule is CCC(N)(CC)C(=O)N1C[C@@H](O)[C@@H](O)C1. The third-order valence-electron chi connectivity index (χ3n) is 3.23. The number of hydrogen-bond acceptors (Lipinski definition) is 4. The van der Waals surface area contributed by atoms with Crippen molar-refractivity contribution in [3.63, 3.8) is 0 Å². The number of aliphatic hydroxyl groups is 2. The molecule has 1 heterocycles. The lowest BCUT2D eigenvalue weighted by molar-refractivity contribution is -0.136. The van der Waals surface area contributed by atoms with Crippen molar-refractivity contribution in [3.05, 3.63) is 0 Å². The zero-order valence-corrected chi connectivity index (χ0v) is 9.31. The minimum absolute atomic E-state index is 0.178. The molecule has 0 unspecified atom stereocenters. The summed E-state index contributed by atoms with van der Waals surface area (Å²) in [6.07, 6.45) is -0.561. The molecule has 1 aliphatic heterocycles. The molecule has 0 radical (unpaired) electrons. The van der Waals surface area contributed by atoms with Crippen LogP contribution < -0.4 is 5.73 Å². The number of β-amino-alcohol motifs (C(OH)–C–C–N with tert-alkyl or cyclic N) is 2. The number of nitrogens with two attached hydrogens (primary N) is 1. The van der Waals surface area contributed by atoms with E-state index < -0.39 is 17.7 Å². The third-order valence-corrected chi connectivity index (χ3v) is 3.23. The predicted octanol–water partition coefficient (Wildman–Crippen LogP) is -0.932. The first kappa shape index (κ1) is 12.4. The number of hydrogen-bond donors (Lipinski definition) is 3. The standard InChI is InChI=1S/C10H20N2O3/c1-3-10(11,4-2)9(15)12-5-7(13)8(14)6-12/h7-8,13-14H,3-6,11H2,1-2H3/t7-,8+. The summed E-state index contributed by atoms with van der Waals surface area (Å²) in [7, 11) is 0. The maximum atomic E-state index is 12.0. The van der Waals surface area contributed by atoms with Gasteiger partial charge in [0.05, 0.1) is 17.7 Å². The summed E-state index contributed by atoms with van der Waals surface area (Å²) in [5, 5.41) is 18.7. The van der Waals surface area contributed by atoms with Crippen LogP contribution in [0.1, 0.15) is 26.7 Å². The molecule has 1 saturated heterocycles. The Hall–Kier alpha value is -0.650. The Morgan fingerprint density at radius 3 is 2.07 bits per heavy atom. The molecule has 1 fully saturated rings. The lowest BCUT2D eigenvalue weighted by atomic mass is 9.92. The highest BCUT2D eigenvalue weighted by molar-refractivity contribution is 5.86. The molecule has 1 aliphatic rings. The quantitative estimate of drug-likeness (QED) is 0.568. The number of rotatable bonds is 3. The van der Waals surface area contributed by atoms with Crippen LogP contribution >= 0.6 is 0 Å². The highest BCUT2D eigenvalue weighted by Crippen LogP contribution is 2.19. The van der Waals surface area contributed by atoms with Crippen molar-refractivity contribution in [3.8, 4) is 0 Å². The van der Waals surface area contributed by atoms with Gasteiger partial charge in [0, 0.05) is 13.1 Å². The Bertz CT molecular complexity index is 231. The topological polar surface area (TPSA) is 86.8 Å². The van der Waals surface area contributed by atoms with Gasteiger partial charge in [0.25, 0.3) is 0 Å². The van der Waals surface area contributed by atoms with Crippen LogP contribution in [0.25, 0.3) is 0 Å². The first-order chi connectivity index (χ1) is 6.94. The summed E-state index contributed by atoms with van der Waals surface area (Å²) in [6, 6.07) is 0. The Morgan fingerprint density at radius 2 is 1.73 bits per heavy atom. The number of carbonyl (C=O) groups is 1. The second-order valence-corrected chi connectivity index (χ2v) is 4.21. The first-order valence-electron chi connectivity index (χ1n) is 5.39. The zero-order chi connectivity index (χ0) is 11.6. The smallest absolute Gasteiger partial charge is 0.242 e. The van der Waals surface area contributed by atoms with Crippen LogP contribution in [-0.2, 0) is 4.79 Å². The van der Waals surface area contributed by atoms with Crippen LogP contribution in [0.4, 0.5) is 0 Å². The molecule has 0 saturated carbocycles. The summed E-state index contributed by atoms with van der Waals surface area (Å²) in [4.78, 5) is 13.4. The predicted molar refractivity (Wildman–Crippen MR) is 56.1 cm³/mol. The third kappa shape index (κ3) is 2.30. The van der Waals surface area contributed by atoms with Crippen LogP contribution in [0.3, 0.4) is 0 Å². The van der Waals surface area contributed by atoms with Gasteiger partial charge < -0.3 is 20.8 Å². The molecular formula is C10H20N2O3. The molecule has 5 heteroatoms. The van der Waals surface area contributed by atoms with Crippen LogP contribution in [-0.4, -0.2) is 51.9 Å². The molecule has 0 aromatic carbocycles. The van der Waals surface area contributed by atoms with E-state index in [1.165, 1.54) is 4.90 Å². The van der Waals surface area contributed by atoms with Crippen molar-refractivity contribution in [2.75, 3.05) is 13.1 Å². The van der Waals surface area contributed by atoms with Gasteiger partial charge in [0.1, 0.15) is 0 Å². The first-order valence-corrected chi connectivity index (χ1v) is 5.39. The lowest BCUT2D eigenvalue weighted by Crippen LogP contribution is -2.54. The maximum Gasteiger partial charge on any atom is 0.242 e. The second-order valence-electron chi connectivity index (χ2n) is 4.21. The Kier molecular flexibility index (Phi) is 3.70. The highest BCUT2D eigenvalue weighted by atomic mass is 16.3. The average Bonchev–Trinajstić information content (AvgIpc) is 2.57. The molecule has 0 aliphatic carbocycles. The van der Waals surface area contributed by atoms with Crippen LogP contribution in [0.5, 0.6) is 0 Å². The Balaban J connectivity index is 2.69. The normalized spacial score (nSPS) is 27.1. The van der Waals surface area contributed by atoms with E-state index in [9.17, 15) is 15.0 Å². The minimum Gasteiger partial charge on any atom is -0.388 e. The van der Waals surface area contributed by atoms with E-state index >= 15 is 0 Å². The molecule has 0 bridgehead atoms. The molecule has 0 spiro atoms. The van der Waals surface area contributed by atoms with Gasteiger partial charge in [-0.3, -0.25) is 4.79 Å². The summed E-state index contributed by atoms with van der Waals surface area (Å²) in [6.45, 7) is 4.09. The fraction of sp³-hybridized carbons (Fsp3) is 0.900. The molecule has 88 valence electrons. The summed E-state index contributed by atoms with van der Waals surface area (Å²) < 4.78 is 0. The van der Waals surface area contributed by atoms with E-state index in [1.807, 2.05) is 13.8 Å². The van der Waals surface area contributed by atoms with Gasteiger partial charge in [-0.15, -0.1) is 0 Å². The molecule has 0 aromatic rings. The van der Waals surface area contributed by atoms with Crippen LogP contribution in [0, 0.1) is 0 Å². The van der Waals surface area contributed by atoms with E-state index in [1.54, 1.807) is 0 Å². The van der Waals surface area contributed by atoms with Crippen molar-refractivity contribution in [2.24, 2.45) is 5.73 Å². The molecular weight excluding hydrogens is 196 g/mol. The summed E-state index contributed by atoms with van der Waals surface area (Å²) in [5.74, 6) is -0.178. The van der Waals surface area contributed by atoms with Gasteiger partial charge >= 0.3 is 0 Å². The maximum absolute atomic E-state index is 12.0. The monoisotopic (exact) mass is 216 g/mol. The van der Waals surface area contributed by atoms with E-state index in [2.05, 4.69) is 0 Å². The summed E-state index contributed by atoms with van der Waals surface area (Å²) >= 11 is 0. The van der Waals surface area contributed by atoms with Gasteiger partial charge in [-0.05, 0) is 12.8 Å². The summed E-state index contributed by atoms with van der Waals surface area (Å²) in [5.41, 5.74) is 5.10. The van der Waals surface area contributed by atoms with Crippen LogP contribution in [0.15, 0.2) is 0 Å². The molecule has 0 aromatic heterocycles. The lowest BCUT2D eigenvalue weighted by Gasteiger charge is -2.30. The van der Waals surface area contributed by atoms with Crippen molar-refractivity contribution < 1.29 is 15.0 Å². The average molecular weight is 216 g/mol. The van der Waals surface area contributed by atoms with Crippen molar-refractivity contribution >= 4 is 5.91 Å². The number of carbonyl (C=O) groups excluding carboxylic acids is 1. The van der Waals surface area contributed by atoms with Gasteiger partial charge in [0.2, 0.25) is 5.91 Å². The second kappa shape index (κ2) is 4.47. The molecule has 15 heavy (non-hydrogen) atoms. The molecule has 5 nitrogen and oxygen atoms in total. The molecule has 1 amide bonds. The molecule has 1 rings (SSSR count). The van der Waals surface area contributed by atoms with Gasteiger partial charge in [0.15, 0.2) is 0 Å². The van der Waals surface area contributed by atoms with Crippen LogP contribution in [0.2, 0.25) is 0 Å². The highest BCUT2D eigenvalue weighted by Gasteiger charge is 2.40. The molecule has 2 atom stereocenters. The Labute approximate surface area is 89.9 Å². The number of likely N-dealkylation sites (tertiary alicyclic amines) is 1.